The van der Waals surface area contributed by atoms with E-state index in [2.05, 4.69) is 39.7 Å². The first kappa shape index (κ1) is 11.4. The highest BCUT2D eigenvalue weighted by Gasteiger charge is 2.05. The highest BCUT2D eigenvalue weighted by molar-refractivity contribution is 5.90. The summed E-state index contributed by atoms with van der Waals surface area (Å²) >= 11 is 0. The molecule has 3 heteroatoms. The van der Waals surface area contributed by atoms with Crippen molar-refractivity contribution in [3.63, 3.8) is 0 Å². The van der Waals surface area contributed by atoms with E-state index in [0.29, 0.717) is 0 Å². The molecule has 0 aliphatic rings. The molecule has 0 aliphatic heterocycles. The summed E-state index contributed by atoms with van der Waals surface area (Å²) in [4.78, 5) is 0. The van der Waals surface area contributed by atoms with Gasteiger partial charge in [-0.1, -0.05) is 60.7 Å². The summed E-state index contributed by atoms with van der Waals surface area (Å²) in [6.45, 7) is 0. The molecule has 2 aromatic carbocycles. The molecule has 0 unspecified atom stereocenters. The van der Waals surface area contributed by atoms with E-state index >= 15 is 0 Å². The third-order valence-electron chi connectivity index (χ3n) is 2.90. The van der Waals surface area contributed by atoms with E-state index in [9.17, 15) is 0 Å². The number of nitrogens with zero attached hydrogens (tertiary/aromatic N) is 2. The van der Waals surface area contributed by atoms with E-state index in [0.717, 1.165) is 22.4 Å². The van der Waals surface area contributed by atoms with E-state index in [4.69, 9.17) is 0 Å². The van der Waals surface area contributed by atoms with Crippen LogP contribution in [0.3, 0.4) is 0 Å². The van der Waals surface area contributed by atoms with Crippen LogP contribution in [0.25, 0.3) is 11.6 Å². The van der Waals surface area contributed by atoms with Crippen molar-refractivity contribution in [1.29, 1.82) is 0 Å². The van der Waals surface area contributed by atoms with Crippen molar-refractivity contribution < 1.29 is 0 Å². The summed E-state index contributed by atoms with van der Waals surface area (Å²) in [6.07, 6.45) is 3.75. The minimum atomic E-state index is 0.822. The smallest absolute Gasteiger partial charge is 0.106 e. The van der Waals surface area contributed by atoms with Gasteiger partial charge in [0, 0.05) is 0 Å². The Morgan fingerprint density at radius 3 is 1.89 bits per heavy atom. The van der Waals surface area contributed by atoms with Gasteiger partial charge in [0.2, 0.25) is 0 Å². The van der Waals surface area contributed by atoms with Crippen LogP contribution in [0.1, 0.15) is 16.8 Å². The van der Waals surface area contributed by atoms with Gasteiger partial charge < -0.3 is 0 Å². The van der Waals surface area contributed by atoms with Crippen LogP contribution >= 0.6 is 0 Å². The van der Waals surface area contributed by atoms with Crippen molar-refractivity contribution in [2.75, 3.05) is 0 Å². The zero-order valence-corrected chi connectivity index (χ0v) is 10.3. The molecule has 3 rings (SSSR count). The number of aromatic nitrogens is 3. The summed E-state index contributed by atoms with van der Waals surface area (Å²) in [7, 11) is 0. The number of H-pyrrole nitrogens is 1. The molecular formula is C16H13N3. The van der Waals surface area contributed by atoms with Crippen LogP contribution in [0.4, 0.5) is 0 Å². The number of rotatable bonds is 3. The summed E-state index contributed by atoms with van der Waals surface area (Å²) in [6, 6.07) is 20.6. The molecule has 0 atom stereocenters. The molecule has 1 heterocycles. The highest BCUT2D eigenvalue weighted by Crippen LogP contribution is 2.24. The van der Waals surface area contributed by atoms with E-state index in [1.807, 2.05) is 42.5 Å². The SMILES string of the molecule is C(=C(c1ccccc1)c1ccccc1)c1cn[nH]n1. The van der Waals surface area contributed by atoms with Crippen molar-refractivity contribution in [3.8, 4) is 0 Å². The quantitative estimate of drug-likeness (QED) is 0.770. The van der Waals surface area contributed by atoms with Crippen LogP contribution < -0.4 is 0 Å². The zero-order valence-electron chi connectivity index (χ0n) is 10.3. The van der Waals surface area contributed by atoms with Gasteiger partial charge in [-0.2, -0.15) is 15.4 Å². The number of aromatic amines is 1. The number of hydrogen-bond donors (Lipinski definition) is 1. The summed E-state index contributed by atoms with van der Waals surface area (Å²) in [5.74, 6) is 0. The van der Waals surface area contributed by atoms with Crippen molar-refractivity contribution in [3.05, 3.63) is 83.7 Å². The van der Waals surface area contributed by atoms with Gasteiger partial charge in [-0.3, -0.25) is 0 Å². The second-order valence-corrected chi connectivity index (χ2v) is 4.18. The zero-order chi connectivity index (χ0) is 12.9. The Morgan fingerprint density at radius 1 is 0.842 bits per heavy atom. The first-order valence-electron chi connectivity index (χ1n) is 6.12. The molecule has 0 saturated carbocycles. The van der Waals surface area contributed by atoms with Crippen LogP contribution in [0, 0.1) is 0 Å². The Labute approximate surface area is 111 Å². The number of nitrogens with one attached hydrogen (secondary N) is 1. The molecule has 3 nitrogen and oxygen atoms in total. The van der Waals surface area contributed by atoms with Gasteiger partial charge in [-0.25, -0.2) is 0 Å². The minimum absolute atomic E-state index is 0.822. The lowest BCUT2D eigenvalue weighted by atomic mass is 9.97. The normalized spacial score (nSPS) is 10.1. The van der Waals surface area contributed by atoms with E-state index in [1.54, 1.807) is 6.20 Å². The number of benzene rings is 2. The van der Waals surface area contributed by atoms with Gasteiger partial charge in [0.1, 0.15) is 5.69 Å². The molecule has 1 N–H and O–H groups in total. The molecule has 0 saturated heterocycles. The van der Waals surface area contributed by atoms with E-state index in [-0.39, 0.29) is 0 Å². The van der Waals surface area contributed by atoms with Gasteiger partial charge >= 0.3 is 0 Å². The molecule has 0 fully saturated rings. The van der Waals surface area contributed by atoms with Crippen LogP contribution in [0.2, 0.25) is 0 Å². The van der Waals surface area contributed by atoms with Crippen molar-refractivity contribution in [2.24, 2.45) is 0 Å². The highest BCUT2D eigenvalue weighted by atomic mass is 15.3. The summed E-state index contributed by atoms with van der Waals surface area (Å²) in [5, 5.41) is 10.6. The average molecular weight is 247 g/mol. The predicted molar refractivity (Wildman–Crippen MR) is 76.2 cm³/mol. The predicted octanol–water partition coefficient (Wildman–Crippen LogP) is 3.39. The molecule has 0 amide bonds. The topological polar surface area (TPSA) is 41.6 Å². The Balaban J connectivity index is 2.12. The maximum atomic E-state index is 4.09. The monoisotopic (exact) mass is 247 g/mol. The average Bonchev–Trinajstić information content (AvgIpc) is 3.00. The van der Waals surface area contributed by atoms with Crippen LogP contribution in [0.5, 0.6) is 0 Å². The van der Waals surface area contributed by atoms with Gasteiger partial charge in [-0.05, 0) is 22.8 Å². The Hall–Kier alpha value is -2.68. The second-order valence-electron chi connectivity index (χ2n) is 4.18. The van der Waals surface area contributed by atoms with Crippen LogP contribution in [0.15, 0.2) is 66.9 Å². The lowest BCUT2D eigenvalue weighted by molar-refractivity contribution is 0.937. The standard InChI is InChI=1S/C16H13N3/c1-3-7-13(8-4-1)16(11-15-12-17-19-18-15)14-9-5-2-6-10-14/h1-12H,(H,17,18,19). The van der Waals surface area contributed by atoms with Crippen molar-refractivity contribution in [2.45, 2.75) is 0 Å². The van der Waals surface area contributed by atoms with Gasteiger partial charge in [0.15, 0.2) is 0 Å². The molecule has 92 valence electrons. The Bertz CT molecular complexity index is 614. The van der Waals surface area contributed by atoms with Gasteiger partial charge in [0.05, 0.1) is 6.20 Å². The third kappa shape index (κ3) is 2.60. The van der Waals surface area contributed by atoms with Gasteiger partial charge in [0.25, 0.3) is 0 Å². The maximum Gasteiger partial charge on any atom is 0.106 e. The third-order valence-corrected chi connectivity index (χ3v) is 2.90. The molecule has 19 heavy (non-hydrogen) atoms. The van der Waals surface area contributed by atoms with Crippen molar-refractivity contribution >= 4 is 11.6 Å². The van der Waals surface area contributed by atoms with Crippen LogP contribution in [-0.4, -0.2) is 15.4 Å². The first-order chi connectivity index (χ1) is 9.43. The Kier molecular flexibility index (Phi) is 3.19. The van der Waals surface area contributed by atoms with Crippen molar-refractivity contribution in [1.82, 2.24) is 15.4 Å². The molecule has 1 aromatic heterocycles. The summed E-state index contributed by atoms with van der Waals surface area (Å²) in [5.41, 5.74) is 4.28. The Morgan fingerprint density at radius 2 is 1.42 bits per heavy atom. The summed E-state index contributed by atoms with van der Waals surface area (Å²) < 4.78 is 0. The minimum Gasteiger partial charge on any atom is -0.197 e. The molecule has 3 aromatic rings. The molecular weight excluding hydrogens is 234 g/mol. The maximum absolute atomic E-state index is 4.09. The number of hydrogen-bond acceptors (Lipinski definition) is 2. The largest absolute Gasteiger partial charge is 0.197 e. The van der Waals surface area contributed by atoms with Gasteiger partial charge in [-0.15, -0.1) is 0 Å². The fraction of sp³-hybridized carbons (Fsp3) is 0. The van der Waals surface area contributed by atoms with E-state index < -0.39 is 0 Å². The van der Waals surface area contributed by atoms with Crippen LogP contribution in [-0.2, 0) is 0 Å². The fourth-order valence-corrected chi connectivity index (χ4v) is 2.00. The lowest BCUT2D eigenvalue weighted by Crippen LogP contribution is -1.88. The molecule has 0 bridgehead atoms. The van der Waals surface area contributed by atoms with E-state index in [1.165, 1.54) is 0 Å². The lowest BCUT2D eigenvalue weighted by Gasteiger charge is -2.07. The first-order valence-corrected chi connectivity index (χ1v) is 6.12. The fourth-order valence-electron chi connectivity index (χ4n) is 2.00. The molecule has 0 aliphatic carbocycles. The second kappa shape index (κ2) is 5.31. The molecule has 0 spiro atoms. The molecule has 0 radical (unpaired) electrons.